The van der Waals surface area contributed by atoms with E-state index in [0.29, 0.717) is 36.4 Å². The van der Waals surface area contributed by atoms with Gasteiger partial charge in [-0.05, 0) is 49.6 Å². The number of nitrogens with zero attached hydrogens (tertiary/aromatic N) is 3. The van der Waals surface area contributed by atoms with Crippen molar-refractivity contribution >= 4 is 29.3 Å². The molecule has 43 heavy (non-hydrogen) atoms. The lowest BCUT2D eigenvalue weighted by Gasteiger charge is -2.37. The van der Waals surface area contributed by atoms with Crippen molar-refractivity contribution in [3.05, 3.63) is 71.8 Å². The number of carbonyl (C=O) groups is 3. The van der Waals surface area contributed by atoms with Crippen LogP contribution < -0.4 is 9.80 Å². The lowest BCUT2D eigenvalue weighted by Crippen LogP contribution is -2.48. The second-order valence-electron chi connectivity index (χ2n) is 12.5. The van der Waals surface area contributed by atoms with Gasteiger partial charge in [0.25, 0.3) is 5.91 Å². The van der Waals surface area contributed by atoms with Crippen molar-refractivity contribution in [3.8, 4) is 0 Å². The second kappa shape index (κ2) is 10.7. The third-order valence-corrected chi connectivity index (χ3v) is 9.59. The Bertz CT molecular complexity index is 1470. The number of hydrogen-bond donors (Lipinski definition) is 1. The van der Waals surface area contributed by atoms with Gasteiger partial charge in [0.05, 0.1) is 37.4 Å². The summed E-state index contributed by atoms with van der Waals surface area (Å²) in [7, 11) is 0. The zero-order valence-corrected chi connectivity index (χ0v) is 24.8. The SMILES string of the molecule is C=CCN1C(=O)[C@]2(O[C@H](CC(=O)N3Cc4ccccc4C[C@H]3CO)[C@@H](C(C)(C)F)[C@@H]2C)c2cc(N3CCOC3=O)ccc21. The lowest BCUT2D eigenvalue weighted by atomic mass is 9.71. The highest BCUT2D eigenvalue weighted by molar-refractivity contribution is 6.08. The van der Waals surface area contributed by atoms with Crippen LogP contribution in [0.2, 0.25) is 0 Å². The van der Waals surface area contributed by atoms with E-state index in [0.717, 1.165) is 11.1 Å². The number of cyclic esters (lactones) is 1. The molecule has 3 amide bonds. The number of rotatable bonds is 7. The van der Waals surface area contributed by atoms with Gasteiger partial charge < -0.3 is 24.4 Å². The first-order valence-corrected chi connectivity index (χ1v) is 14.9. The van der Waals surface area contributed by atoms with E-state index in [1.807, 2.05) is 24.3 Å². The summed E-state index contributed by atoms with van der Waals surface area (Å²) in [5, 5.41) is 10.2. The Morgan fingerprint density at radius 3 is 2.60 bits per heavy atom. The van der Waals surface area contributed by atoms with Gasteiger partial charge >= 0.3 is 6.09 Å². The molecule has 228 valence electrons. The minimum atomic E-state index is -1.79. The van der Waals surface area contributed by atoms with Crippen LogP contribution in [0.4, 0.5) is 20.6 Å². The summed E-state index contributed by atoms with van der Waals surface area (Å²) in [6.45, 7) is 9.51. The number of halogens is 1. The van der Waals surface area contributed by atoms with Gasteiger partial charge in [0.15, 0.2) is 5.60 Å². The van der Waals surface area contributed by atoms with Gasteiger partial charge in [0.1, 0.15) is 12.3 Å². The first-order valence-electron chi connectivity index (χ1n) is 14.9. The van der Waals surface area contributed by atoms with Gasteiger partial charge in [0.2, 0.25) is 5.91 Å². The predicted molar refractivity (Wildman–Crippen MR) is 158 cm³/mol. The molecule has 0 unspecified atom stereocenters. The fourth-order valence-electron chi connectivity index (χ4n) is 7.67. The van der Waals surface area contributed by atoms with Gasteiger partial charge in [-0.2, -0.15) is 0 Å². The molecule has 10 heteroatoms. The Labute approximate surface area is 250 Å². The van der Waals surface area contributed by atoms with Gasteiger partial charge in [-0.3, -0.25) is 14.5 Å². The molecule has 6 rings (SSSR count). The highest BCUT2D eigenvalue weighted by Gasteiger charge is 2.66. The summed E-state index contributed by atoms with van der Waals surface area (Å²) in [5.41, 5.74) is 0.428. The fraction of sp³-hybridized carbons (Fsp3) is 0.485. The molecule has 0 bridgehead atoms. The molecule has 0 saturated carbocycles. The van der Waals surface area contributed by atoms with Gasteiger partial charge in [0, 0.05) is 36.2 Å². The number of fused-ring (bicyclic) bond motifs is 3. The highest BCUT2D eigenvalue weighted by atomic mass is 19.1. The normalized spacial score (nSPS) is 28.3. The molecule has 2 aromatic carbocycles. The lowest BCUT2D eigenvalue weighted by molar-refractivity contribution is -0.151. The van der Waals surface area contributed by atoms with Crippen molar-refractivity contribution in [2.24, 2.45) is 11.8 Å². The van der Waals surface area contributed by atoms with Crippen LogP contribution in [-0.2, 0) is 37.6 Å². The third-order valence-electron chi connectivity index (χ3n) is 9.59. The van der Waals surface area contributed by atoms with Gasteiger partial charge in [-0.15, -0.1) is 6.58 Å². The molecule has 2 aromatic rings. The van der Waals surface area contributed by atoms with E-state index in [-0.39, 0.29) is 38.0 Å². The zero-order chi connectivity index (χ0) is 30.7. The number of aliphatic hydroxyl groups is 1. The molecule has 4 heterocycles. The van der Waals surface area contributed by atoms with Crippen LogP contribution in [0.15, 0.2) is 55.1 Å². The van der Waals surface area contributed by atoms with Crippen LogP contribution in [-0.4, -0.2) is 72.0 Å². The Hall–Kier alpha value is -3.76. The van der Waals surface area contributed by atoms with E-state index < -0.39 is 41.3 Å². The molecule has 5 atom stereocenters. The quantitative estimate of drug-likeness (QED) is 0.487. The molecular formula is C33H38FN3O6. The number of aliphatic hydroxyl groups excluding tert-OH is 1. The van der Waals surface area contributed by atoms with E-state index in [4.69, 9.17) is 9.47 Å². The smallest absolute Gasteiger partial charge is 0.414 e. The summed E-state index contributed by atoms with van der Waals surface area (Å²) in [5.74, 6) is -2.07. The molecule has 1 N–H and O–H groups in total. The van der Waals surface area contributed by atoms with Crippen molar-refractivity contribution in [3.63, 3.8) is 0 Å². The van der Waals surface area contributed by atoms with Crippen LogP contribution >= 0.6 is 0 Å². The molecule has 0 aliphatic carbocycles. The van der Waals surface area contributed by atoms with Crippen LogP contribution in [0.5, 0.6) is 0 Å². The average Bonchev–Trinajstić information content (AvgIpc) is 3.61. The number of carbonyl (C=O) groups excluding carboxylic acids is 3. The first-order chi connectivity index (χ1) is 20.5. The second-order valence-corrected chi connectivity index (χ2v) is 12.5. The first kappa shape index (κ1) is 29.3. The van der Waals surface area contributed by atoms with Crippen LogP contribution in [0.3, 0.4) is 0 Å². The standard InChI is InChI=1S/C33H38FN3O6/c1-5-12-36-26-11-10-23(35-13-14-42-31(35)41)16-25(26)33(30(36)40)20(2)29(32(3,4)34)27(43-33)17-28(39)37-18-22-9-7-6-8-21(22)15-24(37)19-38/h5-11,16,20,24,27,29,38H,1,12-15,17-19H2,2-4H3/t20-,24-,27+,29-,33+/m0/s1. The number of amides is 3. The maximum Gasteiger partial charge on any atom is 0.414 e. The Kier molecular flexibility index (Phi) is 7.33. The summed E-state index contributed by atoms with van der Waals surface area (Å²) in [6, 6.07) is 12.7. The van der Waals surface area contributed by atoms with Crippen LogP contribution in [0.1, 0.15) is 43.9 Å². The van der Waals surface area contributed by atoms with E-state index in [9.17, 15) is 19.5 Å². The minimum Gasteiger partial charge on any atom is -0.447 e. The molecule has 0 radical (unpaired) electrons. The van der Waals surface area contributed by atoms with Gasteiger partial charge in [-0.1, -0.05) is 37.3 Å². The highest BCUT2D eigenvalue weighted by Crippen LogP contribution is 2.59. The molecule has 4 aliphatic rings. The number of hydrogen-bond acceptors (Lipinski definition) is 6. The topological polar surface area (TPSA) is 99.6 Å². The predicted octanol–water partition coefficient (Wildman–Crippen LogP) is 4.11. The van der Waals surface area contributed by atoms with Gasteiger partial charge in [-0.25, -0.2) is 9.18 Å². The zero-order valence-electron chi connectivity index (χ0n) is 24.8. The third kappa shape index (κ3) is 4.62. The monoisotopic (exact) mass is 591 g/mol. The average molecular weight is 592 g/mol. The molecule has 9 nitrogen and oxygen atoms in total. The number of anilines is 2. The molecule has 2 saturated heterocycles. The van der Waals surface area contributed by atoms with E-state index in [2.05, 4.69) is 6.58 Å². The molecule has 0 aromatic heterocycles. The maximum absolute atomic E-state index is 16.1. The van der Waals surface area contributed by atoms with Crippen LogP contribution in [0, 0.1) is 11.8 Å². The number of ether oxygens (including phenoxy) is 2. The fourth-order valence-corrected chi connectivity index (χ4v) is 7.67. The number of benzene rings is 2. The van der Waals surface area contributed by atoms with Crippen molar-refractivity contribution in [2.75, 3.05) is 36.1 Å². The Morgan fingerprint density at radius 2 is 1.95 bits per heavy atom. The molecule has 1 spiro atoms. The summed E-state index contributed by atoms with van der Waals surface area (Å²) >= 11 is 0. The summed E-state index contributed by atoms with van der Waals surface area (Å²) in [6.07, 6.45) is 0.596. The summed E-state index contributed by atoms with van der Waals surface area (Å²) < 4.78 is 28.0. The Morgan fingerprint density at radius 1 is 1.21 bits per heavy atom. The van der Waals surface area contributed by atoms with E-state index in [1.54, 1.807) is 41.0 Å². The molecule has 2 fully saturated rings. The van der Waals surface area contributed by atoms with Crippen LogP contribution in [0.25, 0.3) is 0 Å². The van der Waals surface area contributed by atoms with Crippen molar-refractivity contribution in [1.29, 1.82) is 0 Å². The van der Waals surface area contributed by atoms with E-state index in [1.165, 1.54) is 18.7 Å². The summed E-state index contributed by atoms with van der Waals surface area (Å²) in [4.78, 5) is 45.3. The maximum atomic E-state index is 16.1. The van der Waals surface area contributed by atoms with Crippen molar-refractivity contribution in [2.45, 2.75) is 63.6 Å². The van der Waals surface area contributed by atoms with Crippen molar-refractivity contribution < 1.29 is 33.4 Å². The Balaban J connectivity index is 1.38. The molecular weight excluding hydrogens is 553 g/mol. The minimum absolute atomic E-state index is 0.148. The largest absolute Gasteiger partial charge is 0.447 e. The number of alkyl halides is 1. The molecule has 4 aliphatic heterocycles. The van der Waals surface area contributed by atoms with E-state index >= 15 is 4.39 Å². The van der Waals surface area contributed by atoms with Crippen molar-refractivity contribution in [1.82, 2.24) is 4.90 Å².